The minimum Gasteiger partial charge on any atom is -0.489 e. The summed E-state index contributed by atoms with van der Waals surface area (Å²) in [5.74, 6) is 0.752. The highest BCUT2D eigenvalue weighted by atomic mass is 32.1. The van der Waals surface area contributed by atoms with Crippen LogP contribution in [0.4, 0.5) is 0 Å². The van der Waals surface area contributed by atoms with Crippen LogP contribution in [0.2, 0.25) is 0 Å². The number of amides is 1. The molecule has 1 aliphatic heterocycles. The van der Waals surface area contributed by atoms with Crippen LogP contribution in [0.15, 0.2) is 48.5 Å². The standard InChI is InChI=1S/C25H30N2O3S/c1-18-23(24(28)26-17-25(2,3)27-11-13-29-14-12-27)21-15-20(9-10-22(21)31-18)30-16-19-7-5-4-6-8-19/h4-10,15H,11-14,16-17H2,1-3H3,(H,26,28). The van der Waals surface area contributed by atoms with Gasteiger partial charge in [-0.3, -0.25) is 9.69 Å². The number of fused-ring (bicyclic) bond motifs is 1. The number of nitrogens with zero attached hydrogens (tertiary/aromatic N) is 1. The lowest BCUT2D eigenvalue weighted by Gasteiger charge is -2.40. The molecule has 2 aromatic carbocycles. The first-order valence-electron chi connectivity index (χ1n) is 10.7. The fourth-order valence-corrected chi connectivity index (χ4v) is 5.02. The van der Waals surface area contributed by atoms with E-state index in [1.807, 2.05) is 55.5 Å². The Kier molecular flexibility index (Phi) is 6.60. The largest absolute Gasteiger partial charge is 0.489 e. The third-order valence-electron chi connectivity index (χ3n) is 5.86. The smallest absolute Gasteiger partial charge is 0.253 e. The van der Waals surface area contributed by atoms with Gasteiger partial charge in [-0.25, -0.2) is 0 Å². The molecule has 0 unspecified atom stereocenters. The summed E-state index contributed by atoms with van der Waals surface area (Å²) < 4.78 is 12.6. The average Bonchev–Trinajstić information content (AvgIpc) is 3.12. The third kappa shape index (κ3) is 5.09. The topological polar surface area (TPSA) is 50.8 Å². The highest BCUT2D eigenvalue weighted by Gasteiger charge is 2.29. The summed E-state index contributed by atoms with van der Waals surface area (Å²) in [5.41, 5.74) is 1.75. The predicted octanol–water partition coefficient (Wildman–Crippen LogP) is 4.63. The Labute approximate surface area is 188 Å². The minimum atomic E-state index is -0.122. The van der Waals surface area contributed by atoms with E-state index >= 15 is 0 Å². The maximum Gasteiger partial charge on any atom is 0.253 e. The zero-order valence-electron chi connectivity index (χ0n) is 18.4. The van der Waals surface area contributed by atoms with E-state index < -0.39 is 0 Å². The summed E-state index contributed by atoms with van der Waals surface area (Å²) in [4.78, 5) is 16.6. The highest BCUT2D eigenvalue weighted by Crippen LogP contribution is 2.33. The molecule has 31 heavy (non-hydrogen) atoms. The first-order chi connectivity index (χ1) is 14.9. The molecule has 1 aromatic heterocycles. The number of aryl methyl sites for hydroxylation is 1. The van der Waals surface area contributed by atoms with Crippen molar-refractivity contribution in [2.75, 3.05) is 32.8 Å². The quantitative estimate of drug-likeness (QED) is 0.584. The Morgan fingerprint density at radius 1 is 1.16 bits per heavy atom. The molecule has 0 saturated carbocycles. The van der Waals surface area contributed by atoms with E-state index in [2.05, 4.69) is 24.1 Å². The number of carbonyl (C=O) groups is 1. The van der Waals surface area contributed by atoms with Crippen molar-refractivity contribution in [2.45, 2.75) is 32.9 Å². The van der Waals surface area contributed by atoms with Gasteiger partial charge in [-0.1, -0.05) is 30.3 Å². The molecule has 4 rings (SSSR count). The van der Waals surface area contributed by atoms with Gasteiger partial charge in [0.2, 0.25) is 0 Å². The van der Waals surface area contributed by atoms with Crippen molar-refractivity contribution >= 4 is 27.3 Å². The van der Waals surface area contributed by atoms with Crippen LogP contribution < -0.4 is 10.1 Å². The molecule has 2 heterocycles. The number of nitrogens with one attached hydrogen (secondary N) is 1. The number of ether oxygens (including phenoxy) is 2. The molecule has 1 fully saturated rings. The lowest BCUT2D eigenvalue weighted by atomic mass is 10.0. The Hall–Kier alpha value is -2.41. The van der Waals surface area contributed by atoms with Gasteiger partial charge < -0.3 is 14.8 Å². The van der Waals surface area contributed by atoms with Gasteiger partial charge in [0.15, 0.2) is 0 Å². The van der Waals surface area contributed by atoms with Crippen LogP contribution in [-0.2, 0) is 11.3 Å². The van der Waals surface area contributed by atoms with Crippen LogP contribution in [0.3, 0.4) is 0 Å². The number of morpholine rings is 1. The molecule has 5 nitrogen and oxygen atoms in total. The van der Waals surface area contributed by atoms with Crippen molar-refractivity contribution in [3.63, 3.8) is 0 Å². The fourth-order valence-electron chi connectivity index (χ4n) is 3.98. The van der Waals surface area contributed by atoms with E-state index in [1.54, 1.807) is 11.3 Å². The number of carbonyl (C=O) groups excluding carboxylic acids is 1. The summed E-state index contributed by atoms with van der Waals surface area (Å²) in [6, 6.07) is 16.1. The van der Waals surface area contributed by atoms with Gasteiger partial charge in [-0.05, 0) is 44.5 Å². The molecule has 3 aromatic rings. The second-order valence-corrected chi connectivity index (χ2v) is 9.82. The maximum absolute atomic E-state index is 13.2. The Bertz CT molecular complexity index is 1040. The Morgan fingerprint density at radius 3 is 2.65 bits per heavy atom. The van der Waals surface area contributed by atoms with Gasteiger partial charge >= 0.3 is 0 Å². The predicted molar refractivity (Wildman–Crippen MR) is 126 cm³/mol. The molecule has 6 heteroatoms. The normalized spacial score (nSPS) is 15.2. The summed E-state index contributed by atoms with van der Waals surface area (Å²) >= 11 is 1.65. The summed E-state index contributed by atoms with van der Waals surface area (Å²) in [6.45, 7) is 10.7. The first kappa shape index (κ1) is 21.8. The van der Waals surface area contributed by atoms with Gasteiger partial charge in [0.25, 0.3) is 5.91 Å². The molecule has 1 N–H and O–H groups in total. The van der Waals surface area contributed by atoms with Crippen molar-refractivity contribution in [3.8, 4) is 5.75 Å². The molecule has 164 valence electrons. The van der Waals surface area contributed by atoms with Crippen LogP contribution in [0, 0.1) is 6.92 Å². The van der Waals surface area contributed by atoms with E-state index in [4.69, 9.17) is 9.47 Å². The third-order valence-corrected chi connectivity index (χ3v) is 6.95. The monoisotopic (exact) mass is 438 g/mol. The molecular weight excluding hydrogens is 408 g/mol. The van der Waals surface area contributed by atoms with E-state index in [9.17, 15) is 4.79 Å². The lowest BCUT2D eigenvalue weighted by Crippen LogP contribution is -2.55. The van der Waals surface area contributed by atoms with E-state index in [1.165, 1.54) is 0 Å². The molecule has 1 aliphatic rings. The minimum absolute atomic E-state index is 0.0229. The molecular formula is C25H30N2O3S. The van der Waals surface area contributed by atoms with Crippen LogP contribution in [0.1, 0.15) is 34.6 Å². The van der Waals surface area contributed by atoms with Crippen molar-refractivity contribution < 1.29 is 14.3 Å². The Balaban J connectivity index is 1.48. The van der Waals surface area contributed by atoms with E-state index in [0.717, 1.165) is 58.1 Å². The average molecular weight is 439 g/mol. The number of hydrogen-bond acceptors (Lipinski definition) is 5. The van der Waals surface area contributed by atoms with Crippen molar-refractivity contribution in [2.24, 2.45) is 0 Å². The van der Waals surface area contributed by atoms with E-state index in [0.29, 0.717) is 13.2 Å². The molecule has 0 aliphatic carbocycles. The van der Waals surface area contributed by atoms with E-state index in [-0.39, 0.29) is 11.4 Å². The van der Waals surface area contributed by atoms with Gasteiger partial charge in [-0.15, -0.1) is 11.3 Å². The maximum atomic E-state index is 13.2. The zero-order valence-corrected chi connectivity index (χ0v) is 19.3. The van der Waals surface area contributed by atoms with Crippen LogP contribution in [-0.4, -0.2) is 49.2 Å². The van der Waals surface area contributed by atoms with Gasteiger partial charge in [-0.2, -0.15) is 0 Å². The summed E-state index contributed by atoms with van der Waals surface area (Å²) in [6.07, 6.45) is 0. The zero-order chi connectivity index (χ0) is 21.8. The summed E-state index contributed by atoms with van der Waals surface area (Å²) in [7, 11) is 0. The van der Waals surface area contributed by atoms with Crippen LogP contribution in [0.5, 0.6) is 5.75 Å². The van der Waals surface area contributed by atoms with Crippen molar-refractivity contribution in [3.05, 3.63) is 64.5 Å². The summed E-state index contributed by atoms with van der Waals surface area (Å²) in [5, 5.41) is 4.13. The second kappa shape index (κ2) is 9.39. The SMILES string of the molecule is Cc1sc2ccc(OCc3ccccc3)cc2c1C(=O)NCC(C)(C)N1CCOCC1. The van der Waals surface area contributed by atoms with Crippen LogP contribution in [0.25, 0.3) is 10.1 Å². The molecule has 1 amide bonds. The molecule has 0 bridgehead atoms. The molecule has 0 atom stereocenters. The Morgan fingerprint density at radius 2 is 1.90 bits per heavy atom. The number of benzene rings is 2. The number of hydrogen-bond donors (Lipinski definition) is 1. The van der Waals surface area contributed by atoms with Gasteiger partial charge in [0.05, 0.1) is 18.8 Å². The molecule has 0 radical (unpaired) electrons. The van der Waals surface area contributed by atoms with Crippen molar-refractivity contribution in [1.29, 1.82) is 0 Å². The van der Waals surface area contributed by atoms with Gasteiger partial charge in [0.1, 0.15) is 12.4 Å². The number of thiophene rings is 1. The second-order valence-electron chi connectivity index (χ2n) is 8.56. The van der Waals surface area contributed by atoms with Gasteiger partial charge in [0, 0.05) is 40.1 Å². The first-order valence-corrected chi connectivity index (χ1v) is 11.6. The lowest BCUT2D eigenvalue weighted by molar-refractivity contribution is -0.00922. The fraction of sp³-hybridized carbons (Fsp3) is 0.400. The molecule has 0 spiro atoms. The number of rotatable bonds is 7. The van der Waals surface area contributed by atoms with Crippen LogP contribution >= 0.6 is 11.3 Å². The highest BCUT2D eigenvalue weighted by molar-refractivity contribution is 7.19. The molecule has 1 saturated heterocycles. The van der Waals surface area contributed by atoms with Crippen molar-refractivity contribution in [1.82, 2.24) is 10.2 Å².